The summed E-state index contributed by atoms with van der Waals surface area (Å²) in [4.78, 5) is 16.2. The highest BCUT2D eigenvalue weighted by Crippen LogP contribution is 2.74. The number of nitrogens with one attached hydrogen (secondary N) is 1. The number of aromatic carboxylic acids is 1. The summed E-state index contributed by atoms with van der Waals surface area (Å²) in [6, 6.07) is 10.9. The average molecular weight is 496 g/mol. The number of fused-ring (bicyclic) bond motifs is 3. The Labute approximate surface area is 211 Å². The second kappa shape index (κ2) is 7.38. The molecule has 2 bridgehead atoms. The van der Waals surface area contributed by atoms with Crippen molar-refractivity contribution >= 4 is 33.7 Å². The first-order valence-electron chi connectivity index (χ1n) is 12.4. The molecular formula is C28H25N5O4. The van der Waals surface area contributed by atoms with Crippen LogP contribution < -0.4 is 5.32 Å². The number of carboxylic acid groups (broad SMARTS) is 1. The van der Waals surface area contributed by atoms with Crippen LogP contribution in [-0.4, -0.2) is 31.4 Å². The molecule has 3 aliphatic carbocycles. The number of nitrogens with zero attached hydrogens (tertiary/aromatic N) is 4. The number of carboxylic acids is 1. The van der Waals surface area contributed by atoms with Crippen LogP contribution >= 0.6 is 0 Å². The normalized spacial score (nSPS) is 23.0. The lowest BCUT2D eigenvalue weighted by molar-refractivity contribution is -0.0888. The SMILES string of the molecule is Cc1cc([C@@H](C)Nc2ccccc2C(=O)O)c2oc3c(C45CC(c6nc(C)no6)(C4)C5)cnnc3c2c1. The Kier molecular flexibility index (Phi) is 4.38. The summed E-state index contributed by atoms with van der Waals surface area (Å²) in [5.74, 6) is 0.421. The van der Waals surface area contributed by atoms with Crippen LogP contribution in [0, 0.1) is 13.8 Å². The zero-order valence-electron chi connectivity index (χ0n) is 20.7. The van der Waals surface area contributed by atoms with E-state index in [1.165, 1.54) is 0 Å². The van der Waals surface area contributed by atoms with Crippen LogP contribution in [0.3, 0.4) is 0 Å². The van der Waals surface area contributed by atoms with Crippen molar-refractivity contribution in [1.29, 1.82) is 0 Å². The van der Waals surface area contributed by atoms with E-state index in [4.69, 9.17) is 8.94 Å². The maximum atomic E-state index is 11.7. The van der Waals surface area contributed by atoms with Gasteiger partial charge in [0.05, 0.1) is 23.2 Å². The van der Waals surface area contributed by atoms with Crippen molar-refractivity contribution in [2.45, 2.75) is 56.9 Å². The fourth-order valence-electron chi connectivity index (χ4n) is 6.47. The van der Waals surface area contributed by atoms with Gasteiger partial charge in [-0.25, -0.2) is 4.79 Å². The molecule has 0 radical (unpaired) electrons. The van der Waals surface area contributed by atoms with Crippen LogP contribution in [-0.2, 0) is 10.8 Å². The van der Waals surface area contributed by atoms with Crippen molar-refractivity contribution in [3.63, 3.8) is 0 Å². The first-order valence-corrected chi connectivity index (χ1v) is 12.4. The van der Waals surface area contributed by atoms with Gasteiger partial charge in [0.25, 0.3) is 0 Å². The van der Waals surface area contributed by atoms with Crippen molar-refractivity contribution in [2.24, 2.45) is 0 Å². The Bertz CT molecular complexity index is 1720. The predicted octanol–water partition coefficient (Wildman–Crippen LogP) is 5.62. The minimum absolute atomic E-state index is 0.0239. The van der Waals surface area contributed by atoms with Gasteiger partial charge in [-0.05, 0) is 63.8 Å². The number of furan rings is 1. The molecule has 0 amide bonds. The summed E-state index contributed by atoms with van der Waals surface area (Å²) in [5, 5.41) is 26.7. The van der Waals surface area contributed by atoms with E-state index >= 15 is 0 Å². The summed E-state index contributed by atoms with van der Waals surface area (Å²) in [7, 11) is 0. The van der Waals surface area contributed by atoms with E-state index in [-0.39, 0.29) is 22.4 Å². The van der Waals surface area contributed by atoms with Gasteiger partial charge in [0.2, 0.25) is 5.89 Å². The lowest BCUT2D eigenvalue weighted by Crippen LogP contribution is -2.67. The van der Waals surface area contributed by atoms with Crippen molar-refractivity contribution in [3.8, 4) is 0 Å². The number of benzene rings is 2. The molecule has 9 nitrogen and oxygen atoms in total. The molecular weight excluding hydrogens is 470 g/mol. The van der Waals surface area contributed by atoms with Crippen molar-refractivity contribution < 1.29 is 18.8 Å². The number of anilines is 1. The maximum absolute atomic E-state index is 11.7. The molecule has 3 saturated carbocycles. The number of aromatic nitrogens is 4. The Morgan fingerprint density at radius 2 is 1.89 bits per heavy atom. The highest BCUT2D eigenvalue weighted by atomic mass is 16.5. The molecule has 5 aromatic rings. The zero-order chi connectivity index (χ0) is 25.5. The third-order valence-electron chi connectivity index (χ3n) is 8.10. The van der Waals surface area contributed by atoms with Gasteiger partial charge in [0, 0.05) is 27.6 Å². The van der Waals surface area contributed by atoms with Crippen LogP contribution in [0.1, 0.15) is 71.0 Å². The van der Waals surface area contributed by atoms with Crippen LogP contribution in [0.4, 0.5) is 5.69 Å². The quantitative estimate of drug-likeness (QED) is 0.308. The second-order valence-corrected chi connectivity index (χ2v) is 10.7. The molecule has 3 aromatic heterocycles. The number of rotatable bonds is 6. The molecule has 3 fully saturated rings. The van der Waals surface area contributed by atoms with Gasteiger partial charge in [-0.3, -0.25) is 0 Å². The largest absolute Gasteiger partial charge is 0.478 e. The molecule has 186 valence electrons. The van der Waals surface area contributed by atoms with Crippen LogP contribution in [0.15, 0.2) is 51.5 Å². The molecule has 0 saturated heterocycles. The fourth-order valence-corrected chi connectivity index (χ4v) is 6.47. The fraction of sp³-hybridized carbons (Fsp3) is 0.321. The summed E-state index contributed by atoms with van der Waals surface area (Å²) in [6.45, 7) is 5.88. The Morgan fingerprint density at radius 3 is 2.62 bits per heavy atom. The summed E-state index contributed by atoms with van der Waals surface area (Å²) < 4.78 is 12.1. The first kappa shape index (κ1) is 22.0. The molecule has 1 atom stereocenters. The predicted molar refractivity (Wildman–Crippen MR) is 136 cm³/mol. The highest BCUT2D eigenvalue weighted by molar-refractivity contribution is 6.05. The van der Waals surface area contributed by atoms with E-state index in [1.807, 2.05) is 33.0 Å². The zero-order valence-corrected chi connectivity index (χ0v) is 20.7. The van der Waals surface area contributed by atoms with Gasteiger partial charge in [0.1, 0.15) is 11.1 Å². The molecule has 8 rings (SSSR count). The number of para-hydroxylation sites is 1. The molecule has 0 aliphatic heterocycles. The van der Waals surface area contributed by atoms with Crippen molar-refractivity contribution in [3.05, 3.63) is 76.6 Å². The van der Waals surface area contributed by atoms with Gasteiger partial charge in [-0.1, -0.05) is 23.4 Å². The molecule has 3 heterocycles. The first-order chi connectivity index (χ1) is 17.8. The number of hydrogen-bond acceptors (Lipinski definition) is 8. The van der Waals surface area contributed by atoms with Gasteiger partial charge >= 0.3 is 5.97 Å². The lowest BCUT2D eigenvalue weighted by atomic mass is 9.33. The molecule has 2 aromatic carbocycles. The van der Waals surface area contributed by atoms with Crippen molar-refractivity contribution in [2.75, 3.05) is 5.32 Å². The van der Waals surface area contributed by atoms with E-state index < -0.39 is 5.97 Å². The molecule has 37 heavy (non-hydrogen) atoms. The number of carbonyl (C=O) groups is 1. The minimum Gasteiger partial charge on any atom is -0.478 e. The van der Waals surface area contributed by atoms with E-state index in [9.17, 15) is 9.90 Å². The number of aryl methyl sites for hydroxylation is 2. The average Bonchev–Trinajstić information content (AvgIpc) is 3.41. The Hall–Kier alpha value is -4.27. The maximum Gasteiger partial charge on any atom is 0.337 e. The highest BCUT2D eigenvalue weighted by Gasteiger charge is 2.72. The van der Waals surface area contributed by atoms with E-state index in [2.05, 4.69) is 37.8 Å². The molecule has 9 heteroatoms. The summed E-state index contributed by atoms with van der Waals surface area (Å²) in [6.07, 6.45) is 4.62. The van der Waals surface area contributed by atoms with Crippen molar-refractivity contribution in [1.82, 2.24) is 20.3 Å². The van der Waals surface area contributed by atoms with E-state index in [0.717, 1.165) is 63.9 Å². The third kappa shape index (κ3) is 3.06. The minimum atomic E-state index is -0.972. The third-order valence-corrected chi connectivity index (χ3v) is 8.10. The van der Waals surface area contributed by atoms with E-state index in [1.54, 1.807) is 18.2 Å². The van der Waals surface area contributed by atoms with Gasteiger partial charge in [-0.2, -0.15) is 10.1 Å². The van der Waals surface area contributed by atoms with Gasteiger partial charge in [0.15, 0.2) is 11.4 Å². The molecule has 2 N–H and O–H groups in total. The molecule has 3 aliphatic rings. The second-order valence-electron chi connectivity index (χ2n) is 10.7. The number of hydrogen-bond donors (Lipinski definition) is 2. The standard InChI is InChI=1S/C28H25N5O4/c1-14-8-18(15(2)30-21-7-5-4-6-17(21)25(34)35)23-19(9-14)22-24(36-23)20(10-29-32-22)27-11-28(12-27,13-27)26-31-16(3)33-37-26/h4-10,15,30H,11-13H2,1-3H3,(H,34,35)/t15-,27?,28?/m1/s1. The summed E-state index contributed by atoms with van der Waals surface area (Å²) in [5.41, 5.74) is 6.06. The van der Waals surface area contributed by atoms with Crippen LogP contribution in [0.25, 0.3) is 22.1 Å². The lowest BCUT2D eigenvalue weighted by Gasteiger charge is -2.68. The van der Waals surface area contributed by atoms with Crippen LogP contribution in [0.5, 0.6) is 0 Å². The molecule has 0 spiro atoms. The monoisotopic (exact) mass is 495 g/mol. The van der Waals surface area contributed by atoms with E-state index in [0.29, 0.717) is 11.5 Å². The smallest absolute Gasteiger partial charge is 0.337 e. The summed E-state index contributed by atoms with van der Waals surface area (Å²) >= 11 is 0. The topological polar surface area (TPSA) is 127 Å². The van der Waals surface area contributed by atoms with Gasteiger partial charge < -0.3 is 19.4 Å². The molecule has 0 unspecified atom stereocenters. The Morgan fingerprint density at radius 1 is 1.11 bits per heavy atom. The van der Waals surface area contributed by atoms with Crippen LogP contribution in [0.2, 0.25) is 0 Å². The Balaban J connectivity index is 1.29. The van der Waals surface area contributed by atoms with Gasteiger partial charge in [-0.15, -0.1) is 5.10 Å².